The van der Waals surface area contributed by atoms with Crippen molar-refractivity contribution in [1.82, 2.24) is 5.32 Å². The molecular weight excluding hydrogens is 298 g/mol. The first kappa shape index (κ1) is 14.9. The fourth-order valence-corrected chi connectivity index (χ4v) is 3.05. The van der Waals surface area contributed by atoms with Gasteiger partial charge in [-0.2, -0.15) is 0 Å². The van der Waals surface area contributed by atoms with Crippen molar-refractivity contribution in [2.75, 3.05) is 6.54 Å². The third-order valence-corrected chi connectivity index (χ3v) is 4.50. The van der Waals surface area contributed by atoms with Crippen molar-refractivity contribution >= 4 is 28.5 Å². The molecule has 1 aromatic carbocycles. The van der Waals surface area contributed by atoms with Crippen LogP contribution in [-0.2, 0) is 0 Å². The molecule has 3 nitrogen and oxygen atoms in total. The maximum atomic E-state index is 12.3. The Morgan fingerprint density at radius 3 is 3.05 bits per heavy atom. The van der Waals surface area contributed by atoms with Crippen LogP contribution in [0.5, 0.6) is 0 Å². The molecule has 0 unspecified atom stereocenters. The Balaban J connectivity index is 1.73. The van der Waals surface area contributed by atoms with Gasteiger partial charge in [-0.1, -0.05) is 30.2 Å². The molecule has 1 atom stereocenters. The van der Waals surface area contributed by atoms with Gasteiger partial charge in [0.25, 0.3) is 5.91 Å². The van der Waals surface area contributed by atoms with Crippen molar-refractivity contribution in [2.24, 2.45) is 5.92 Å². The van der Waals surface area contributed by atoms with Gasteiger partial charge in [-0.25, -0.2) is 0 Å². The van der Waals surface area contributed by atoms with E-state index < -0.39 is 0 Å². The predicted molar refractivity (Wildman–Crippen MR) is 89.0 cm³/mol. The lowest BCUT2D eigenvalue weighted by atomic mass is 9.89. The molecule has 3 rings (SSSR count). The second-order valence-electron chi connectivity index (χ2n) is 5.76. The van der Waals surface area contributed by atoms with Crippen LogP contribution in [0.2, 0.25) is 0 Å². The molecule has 2 aromatic rings. The van der Waals surface area contributed by atoms with E-state index in [1.165, 1.54) is 5.57 Å². The summed E-state index contributed by atoms with van der Waals surface area (Å²) in [5, 5.41) is 4.79. The number of carbonyl (C=O) groups is 1. The van der Waals surface area contributed by atoms with E-state index in [0.29, 0.717) is 18.0 Å². The zero-order valence-corrected chi connectivity index (χ0v) is 13.4. The van der Waals surface area contributed by atoms with Gasteiger partial charge in [0.2, 0.25) is 0 Å². The van der Waals surface area contributed by atoms with Crippen molar-refractivity contribution < 1.29 is 9.21 Å². The van der Waals surface area contributed by atoms with Crippen molar-refractivity contribution in [3.8, 4) is 0 Å². The van der Waals surface area contributed by atoms with E-state index in [1.54, 1.807) is 18.4 Å². The fourth-order valence-electron chi connectivity index (χ4n) is 2.69. The van der Waals surface area contributed by atoms with E-state index >= 15 is 0 Å². The molecule has 0 aliphatic heterocycles. The Kier molecular flexibility index (Phi) is 4.08. The first-order valence-corrected chi connectivity index (χ1v) is 7.73. The molecule has 1 aliphatic carbocycles. The molecule has 1 aliphatic rings. The summed E-state index contributed by atoms with van der Waals surface area (Å²) in [4.78, 5) is 12.3. The van der Waals surface area contributed by atoms with Crippen LogP contribution in [0, 0.1) is 5.92 Å². The largest absolute Gasteiger partial charge is 0.464 e. The maximum Gasteiger partial charge on any atom is 0.251 e. The molecule has 1 amide bonds. The zero-order valence-electron chi connectivity index (χ0n) is 12.7. The topological polar surface area (TPSA) is 42.2 Å². The van der Waals surface area contributed by atoms with E-state index in [1.807, 2.05) is 18.2 Å². The summed E-state index contributed by atoms with van der Waals surface area (Å²) in [6.45, 7) is 4.74. The molecule has 114 valence electrons. The number of allylic oxidation sites excluding steroid dienone is 2. The van der Waals surface area contributed by atoms with Gasteiger partial charge in [0, 0.05) is 22.5 Å². The molecule has 0 radical (unpaired) electrons. The Bertz CT molecular complexity index is 785. The number of hydrogen-bond donors (Lipinski definition) is 1. The first-order valence-electron chi connectivity index (χ1n) is 7.36. The first-order chi connectivity index (χ1) is 10.5. The molecule has 0 bridgehead atoms. The normalized spacial score (nSPS) is 18.5. The van der Waals surface area contributed by atoms with Crippen molar-refractivity contribution in [2.45, 2.75) is 20.3 Å². The molecule has 1 N–H and O–H groups in total. The monoisotopic (exact) mass is 315 g/mol. The average Bonchev–Trinajstić information content (AvgIpc) is 2.96. The highest BCUT2D eigenvalue weighted by atomic mass is 35.5. The molecule has 0 spiro atoms. The van der Waals surface area contributed by atoms with E-state index in [9.17, 15) is 4.79 Å². The number of fused-ring (bicyclic) bond motifs is 1. The average molecular weight is 316 g/mol. The SMILES string of the molecule is CC1=C(CNC(=O)c2ccc3ccoc3c2)C=C(Cl)C[C@H]1C. The highest BCUT2D eigenvalue weighted by molar-refractivity contribution is 6.29. The van der Waals surface area contributed by atoms with Crippen LogP contribution in [0.25, 0.3) is 11.0 Å². The van der Waals surface area contributed by atoms with E-state index in [0.717, 1.165) is 28.0 Å². The lowest BCUT2D eigenvalue weighted by Crippen LogP contribution is -2.26. The predicted octanol–water partition coefficient (Wildman–Crippen LogP) is 4.64. The van der Waals surface area contributed by atoms with Gasteiger partial charge in [0.1, 0.15) is 5.58 Å². The van der Waals surface area contributed by atoms with Crippen LogP contribution < -0.4 is 5.32 Å². The molecule has 22 heavy (non-hydrogen) atoms. The summed E-state index contributed by atoms with van der Waals surface area (Å²) in [6, 6.07) is 7.33. The van der Waals surface area contributed by atoms with Crippen LogP contribution in [0.4, 0.5) is 0 Å². The van der Waals surface area contributed by atoms with Gasteiger partial charge >= 0.3 is 0 Å². The maximum absolute atomic E-state index is 12.3. The Labute approximate surface area is 134 Å². The Morgan fingerprint density at radius 1 is 1.41 bits per heavy atom. The number of nitrogens with one attached hydrogen (secondary N) is 1. The standard InChI is InChI=1S/C18H18ClNO2/c1-11-7-16(19)8-15(12(11)2)10-20-18(21)14-4-3-13-5-6-22-17(13)9-14/h3-6,8-9,11H,7,10H2,1-2H3,(H,20,21)/t11-/m1/s1. The van der Waals surface area contributed by atoms with E-state index in [2.05, 4.69) is 19.2 Å². The summed E-state index contributed by atoms with van der Waals surface area (Å²) in [5.74, 6) is 0.310. The molecule has 0 saturated heterocycles. The Morgan fingerprint density at radius 2 is 2.23 bits per heavy atom. The smallest absolute Gasteiger partial charge is 0.251 e. The number of halogens is 1. The van der Waals surface area contributed by atoms with Crippen LogP contribution in [0.15, 0.2) is 57.2 Å². The molecular formula is C18H18ClNO2. The molecule has 0 fully saturated rings. The van der Waals surface area contributed by atoms with Crippen LogP contribution in [0.1, 0.15) is 30.6 Å². The highest BCUT2D eigenvalue weighted by Crippen LogP contribution is 2.30. The fraction of sp³-hybridized carbons (Fsp3) is 0.278. The molecule has 1 aromatic heterocycles. The van der Waals surface area contributed by atoms with Gasteiger partial charge in [0.15, 0.2) is 0 Å². The van der Waals surface area contributed by atoms with E-state index in [4.69, 9.17) is 16.0 Å². The highest BCUT2D eigenvalue weighted by Gasteiger charge is 2.17. The summed E-state index contributed by atoms with van der Waals surface area (Å²) in [5.41, 5.74) is 3.69. The minimum Gasteiger partial charge on any atom is -0.464 e. The third kappa shape index (κ3) is 2.95. The second-order valence-corrected chi connectivity index (χ2v) is 6.25. The van der Waals surface area contributed by atoms with Gasteiger partial charge in [0.05, 0.1) is 6.26 Å². The number of carbonyl (C=O) groups excluding carboxylic acids is 1. The summed E-state index contributed by atoms with van der Waals surface area (Å²) in [6.07, 6.45) is 4.46. The van der Waals surface area contributed by atoms with Gasteiger partial charge in [-0.3, -0.25) is 4.79 Å². The minimum atomic E-state index is -0.110. The lowest BCUT2D eigenvalue weighted by Gasteiger charge is -2.21. The van der Waals surface area contributed by atoms with Crippen LogP contribution in [-0.4, -0.2) is 12.5 Å². The molecule has 0 saturated carbocycles. The quantitative estimate of drug-likeness (QED) is 0.896. The number of hydrogen-bond acceptors (Lipinski definition) is 2. The summed E-state index contributed by atoms with van der Waals surface area (Å²) >= 11 is 6.16. The number of furan rings is 1. The van der Waals surface area contributed by atoms with Crippen LogP contribution >= 0.6 is 11.6 Å². The van der Waals surface area contributed by atoms with Gasteiger partial charge < -0.3 is 9.73 Å². The number of amides is 1. The summed E-state index contributed by atoms with van der Waals surface area (Å²) < 4.78 is 5.33. The van der Waals surface area contributed by atoms with E-state index in [-0.39, 0.29) is 5.91 Å². The third-order valence-electron chi connectivity index (χ3n) is 4.24. The summed E-state index contributed by atoms with van der Waals surface area (Å²) in [7, 11) is 0. The number of rotatable bonds is 3. The zero-order chi connectivity index (χ0) is 15.7. The van der Waals surface area contributed by atoms with Crippen molar-refractivity contribution in [3.05, 3.63) is 58.3 Å². The Hall–Kier alpha value is -2.00. The van der Waals surface area contributed by atoms with Gasteiger partial charge in [-0.05, 0) is 49.1 Å². The number of benzene rings is 1. The van der Waals surface area contributed by atoms with Gasteiger partial charge in [-0.15, -0.1) is 0 Å². The van der Waals surface area contributed by atoms with Crippen molar-refractivity contribution in [1.29, 1.82) is 0 Å². The minimum absolute atomic E-state index is 0.110. The van der Waals surface area contributed by atoms with Crippen molar-refractivity contribution in [3.63, 3.8) is 0 Å². The van der Waals surface area contributed by atoms with Crippen LogP contribution in [0.3, 0.4) is 0 Å². The molecule has 4 heteroatoms. The second kappa shape index (κ2) is 6.01. The lowest BCUT2D eigenvalue weighted by molar-refractivity contribution is 0.0957. The molecule has 1 heterocycles.